The Labute approximate surface area is 233 Å². The Bertz CT molecular complexity index is 1160. The molecular formula is C29H36N2O7S. The Kier molecular flexibility index (Phi) is 11.2. The van der Waals surface area contributed by atoms with E-state index in [4.69, 9.17) is 14.9 Å². The van der Waals surface area contributed by atoms with Crippen molar-refractivity contribution in [3.63, 3.8) is 0 Å². The van der Waals surface area contributed by atoms with E-state index < -0.39 is 11.9 Å². The molecular weight excluding hydrogens is 520 g/mol. The zero-order valence-electron chi connectivity index (χ0n) is 22.3. The zero-order valence-corrected chi connectivity index (χ0v) is 23.1. The first-order valence-electron chi connectivity index (χ1n) is 13.0. The van der Waals surface area contributed by atoms with E-state index in [9.17, 15) is 19.5 Å². The summed E-state index contributed by atoms with van der Waals surface area (Å²) in [6.07, 6.45) is 8.68. The van der Waals surface area contributed by atoms with Crippen LogP contribution in [0.2, 0.25) is 0 Å². The number of thioether (sulfide) groups is 1. The van der Waals surface area contributed by atoms with Gasteiger partial charge in [-0.05, 0) is 56.1 Å². The number of hydrogen-bond donors (Lipinski definition) is 3. The average molecular weight is 557 g/mol. The molecule has 210 valence electrons. The van der Waals surface area contributed by atoms with Gasteiger partial charge in [0.25, 0.3) is 0 Å². The summed E-state index contributed by atoms with van der Waals surface area (Å²) in [6, 6.07) is 14.1. The lowest BCUT2D eigenvalue weighted by Crippen LogP contribution is -2.34. The number of hydrogen-bond acceptors (Lipinski definition) is 7. The first kappa shape index (κ1) is 30.0. The Morgan fingerprint density at radius 3 is 2.36 bits per heavy atom. The molecule has 1 heterocycles. The Balaban J connectivity index is 0.000000459. The second kappa shape index (κ2) is 14.6. The van der Waals surface area contributed by atoms with Crippen molar-refractivity contribution in [1.82, 2.24) is 4.90 Å². The number of rotatable bonds is 9. The predicted octanol–water partition coefficient (Wildman–Crippen LogP) is 5.29. The van der Waals surface area contributed by atoms with Crippen LogP contribution in [0.4, 0.5) is 5.69 Å². The molecule has 39 heavy (non-hydrogen) atoms. The lowest BCUT2D eigenvalue weighted by atomic mass is 9.94. The predicted molar refractivity (Wildman–Crippen MR) is 150 cm³/mol. The van der Waals surface area contributed by atoms with Crippen molar-refractivity contribution < 1.29 is 34.4 Å². The average Bonchev–Trinajstić information content (AvgIpc) is 3.31. The number of phenolic OH excluding ortho intramolecular Hbond substituents is 1. The molecule has 1 atom stereocenters. The van der Waals surface area contributed by atoms with Crippen LogP contribution in [-0.4, -0.2) is 64.3 Å². The van der Waals surface area contributed by atoms with Gasteiger partial charge in [-0.1, -0.05) is 49.2 Å². The molecule has 2 aromatic rings. The summed E-state index contributed by atoms with van der Waals surface area (Å²) in [5.41, 5.74) is 1.88. The van der Waals surface area contributed by atoms with Gasteiger partial charge in [-0.3, -0.25) is 9.69 Å². The normalized spacial score (nSPS) is 17.0. The number of aliphatic carboxylic acids is 2. The largest absolute Gasteiger partial charge is 0.504 e. The Hall–Kier alpha value is -3.50. The van der Waals surface area contributed by atoms with Crippen LogP contribution >= 0.6 is 11.8 Å². The quantitative estimate of drug-likeness (QED) is 0.279. The number of nitrogens with zero attached hydrogens (tertiary/aromatic N) is 2. The molecule has 1 saturated carbocycles. The number of carbonyl (C=O) groups is 3. The fourth-order valence-electron chi connectivity index (χ4n) is 4.75. The van der Waals surface area contributed by atoms with Gasteiger partial charge >= 0.3 is 11.9 Å². The number of carbonyl (C=O) groups excluding carboxylic acids is 1. The van der Waals surface area contributed by atoms with E-state index in [1.54, 1.807) is 24.8 Å². The van der Waals surface area contributed by atoms with Crippen LogP contribution in [0.1, 0.15) is 56.4 Å². The molecule has 1 amide bonds. The van der Waals surface area contributed by atoms with Crippen molar-refractivity contribution in [2.24, 2.45) is 0 Å². The van der Waals surface area contributed by atoms with Crippen LogP contribution in [0.25, 0.3) is 0 Å². The summed E-state index contributed by atoms with van der Waals surface area (Å²) in [5, 5.41) is 25.8. The Morgan fingerprint density at radius 2 is 1.72 bits per heavy atom. The summed E-state index contributed by atoms with van der Waals surface area (Å²) >= 11 is 1.65. The number of ether oxygens (including phenoxy) is 1. The molecule has 0 aromatic heterocycles. The topological polar surface area (TPSA) is 128 Å². The third-order valence-corrected chi connectivity index (χ3v) is 7.99. The van der Waals surface area contributed by atoms with E-state index in [0.29, 0.717) is 30.6 Å². The maximum absolute atomic E-state index is 12.4. The maximum Gasteiger partial charge on any atom is 0.328 e. The smallest absolute Gasteiger partial charge is 0.328 e. The van der Waals surface area contributed by atoms with Gasteiger partial charge in [-0.15, -0.1) is 0 Å². The fraction of sp³-hybridized carbons (Fsp3) is 0.414. The van der Waals surface area contributed by atoms with Crippen molar-refractivity contribution in [2.75, 3.05) is 25.1 Å². The van der Waals surface area contributed by atoms with Crippen molar-refractivity contribution in [1.29, 1.82) is 0 Å². The lowest BCUT2D eigenvalue weighted by molar-refractivity contribution is -0.134. The number of carboxylic acids is 2. The SMILES string of the molecule is CC(=O)N1c2ccccc2SC1c1ccc(O)c(OCCCN(C)C2CCCCC2)c1.O=C(O)/C=C/C(=O)O. The standard InChI is InChI=1S/C25H32N2O3S.C4H4O4/c1-18(28)27-21-11-6-7-12-24(21)31-25(27)19-13-14-22(29)23(17-19)30-16-8-15-26(2)20-9-4-3-5-10-20;5-3(6)1-2-4(7)8/h6-7,11-14,17,20,25,29H,3-5,8-10,15-16H2,1-2H3;1-2H,(H,5,6)(H,7,8)/b;2-1+. The molecule has 3 N–H and O–H groups in total. The van der Waals surface area contributed by atoms with E-state index in [-0.39, 0.29) is 17.0 Å². The minimum absolute atomic E-state index is 0.00347. The third kappa shape index (κ3) is 8.76. The molecule has 1 aliphatic carbocycles. The summed E-state index contributed by atoms with van der Waals surface area (Å²) in [4.78, 5) is 36.8. The van der Waals surface area contributed by atoms with E-state index in [1.165, 1.54) is 32.1 Å². The number of anilines is 1. The number of benzene rings is 2. The summed E-state index contributed by atoms with van der Waals surface area (Å²) < 4.78 is 5.96. The van der Waals surface area contributed by atoms with Crippen LogP contribution in [0.5, 0.6) is 11.5 Å². The van der Waals surface area contributed by atoms with Crippen LogP contribution < -0.4 is 9.64 Å². The van der Waals surface area contributed by atoms with Gasteiger partial charge in [0.05, 0.1) is 12.3 Å². The van der Waals surface area contributed by atoms with Gasteiger partial charge < -0.3 is 25.0 Å². The Morgan fingerprint density at radius 1 is 1.05 bits per heavy atom. The van der Waals surface area contributed by atoms with Gasteiger partial charge in [0.1, 0.15) is 5.37 Å². The zero-order chi connectivity index (χ0) is 28.4. The van der Waals surface area contributed by atoms with Crippen molar-refractivity contribution in [3.05, 3.63) is 60.2 Å². The first-order valence-corrected chi connectivity index (χ1v) is 13.9. The minimum atomic E-state index is -1.26. The third-order valence-electron chi connectivity index (χ3n) is 6.69. The molecule has 1 aliphatic heterocycles. The summed E-state index contributed by atoms with van der Waals surface area (Å²) in [5.74, 6) is -1.89. The lowest BCUT2D eigenvalue weighted by Gasteiger charge is -2.31. The van der Waals surface area contributed by atoms with Gasteiger partial charge in [0, 0.05) is 36.6 Å². The number of fused-ring (bicyclic) bond motifs is 1. The number of phenols is 1. The summed E-state index contributed by atoms with van der Waals surface area (Å²) in [6.45, 7) is 3.15. The van der Waals surface area contributed by atoms with E-state index in [1.807, 2.05) is 41.3 Å². The number of aromatic hydroxyl groups is 1. The highest BCUT2D eigenvalue weighted by molar-refractivity contribution is 8.00. The molecule has 2 aliphatic rings. The monoisotopic (exact) mass is 556 g/mol. The molecule has 4 rings (SSSR count). The summed E-state index contributed by atoms with van der Waals surface area (Å²) in [7, 11) is 2.21. The van der Waals surface area contributed by atoms with Crippen LogP contribution in [0, 0.1) is 0 Å². The maximum atomic E-state index is 12.4. The van der Waals surface area contributed by atoms with Crippen molar-refractivity contribution in [2.45, 2.75) is 61.8 Å². The minimum Gasteiger partial charge on any atom is -0.504 e. The molecule has 2 aromatic carbocycles. The molecule has 10 heteroatoms. The number of amides is 1. The van der Waals surface area contributed by atoms with Gasteiger partial charge in [-0.25, -0.2) is 9.59 Å². The van der Waals surface area contributed by atoms with Gasteiger partial charge in [0.15, 0.2) is 11.5 Å². The van der Waals surface area contributed by atoms with E-state index in [2.05, 4.69) is 11.9 Å². The molecule has 0 spiro atoms. The fourth-order valence-corrected chi connectivity index (χ4v) is 6.08. The number of carboxylic acid groups (broad SMARTS) is 2. The molecule has 0 radical (unpaired) electrons. The molecule has 1 unspecified atom stereocenters. The highest BCUT2D eigenvalue weighted by Crippen LogP contribution is 2.52. The van der Waals surface area contributed by atoms with Gasteiger partial charge in [0.2, 0.25) is 5.91 Å². The molecule has 0 bridgehead atoms. The van der Waals surface area contributed by atoms with Crippen molar-refractivity contribution in [3.8, 4) is 11.5 Å². The molecule has 0 saturated heterocycles. The highest BCUT2D eigenvalue weighted by atomic mass is 32.2. The second-order valence-corrected chi connectivity index (χ2v) is 10.7. The van der Waals surface area contributed by atoms with E-state index in [0.717, 1.165) is 29.1 Å². The van der Waals surface area contributed by atoms with Crippen LogP contribution in [0.15, 0.2) is 59.5 Å². The molecule has 9 nitrogen and oxygen atoms in total. The first-order chi connectivity index (χ1) is 18.7. The van der Waals surface area contributed by atoms with E-state index >= 15 is 0 Å². The van der Waals surface area contributed by atoms with Crippen LogP contribution in [-0.2, 0) is 14.4 Å². The number of para-hydroxylation sites is 1. The highest BCUT2D eigenvalue weighted by Gasteiger charge is 2.34. The molecule has 1 fully saturated rings. The van der Waals surface area contributed by atoms with Crippen molar-refractivity contribution >= 4 is 35.3 Å². The van der Waals surface area contributed by atoms with Gasteiger partial charge in [-0.2, -0.15) is 0 Å². The second-order valence-electron chi connectivity index (χ2n) is 9.54. The van der Waals surface area contributed by atoms with Crippen LogP contribution in [0.3, 0.4) is 0 Å².